The lowest BCUT2D eigenvalue weighted by Gasteiger charge is -2.26. The van der Waals surface area contributed by atoms with Crippen molar-refractivity contribution in [2.24, 2.45) is 11.3 Å². The van der Waals surface area contributed by atoms with Gasteiger partial charge in [-0.05, 0) is 37.0 Å². The molecule has 0 aromatic carbocycles. The molecule has 0 aliphatic carbocycles. The third-order valence-electron chi connectivity index (χ3n) is 2.78. The van der Waals surface area contributed by atoms with Crippen molar-refractivity contribution in [1.82, 2.24) is 0 Å². The van der Waals surface area contributed by atoms with Gasteiger partial charge in [0.1, 0.15) is 0 Å². The summed E-state index contributed by atoms with van der Waals surface area (Å²) in [5, 5.41) is 0. The Labute approximate surface area is 90.8 Å². The van der Waals surface area contributed by atoms with E-state index >= 15 is 0 Å². The lowest BCUT2D eigenvalue weighted by atomic mass is 9.79. The molecule has 0 aromatic heterocycles. The highest BCUT2D eigenvalue weighted by molar-refractivity contribution is 5.01. The molecule has 0 fully saturated rings. The number of hydrogen-bond donors (Lipinski definition) is 0. The molecule has 14 heavy (non-hydrogen) atoms. The predicted octanol–water partition coefficient (Wildman–Crippen LogP) is 5.20. The number of hydrogen-bond acceptors (Lipinski definition) is 0. The maximum atomic E-state index is 4.25. The lowest BCUT2D eigenvalue weighted by molar-refractivity contribution is 0.309. The van der Waals surface area contributed by atoms with Crippen molar-refractivity contribution in [2.45, 2.75) is 66.7 Å². The number of rotatable bonds is 6. The van der Waals surface area contributed by atoms with Gasteiger partial charge in [-0.1, -0.05) is 53.2 Å². The molecule has 0 heterocycles. The van der Waals surface area contributed by atoms with Crippen LogP contribution in [-0.2, 0) is 0 Å². The van der Waals surface area contributed by atoms with Gasteiger partial charge >= 0.3 is 0 Å². The summed E-state index contributed by atoms with van der Waals surface area (Å²) in [4.78, 5) is 0. The molecule has 0 rings (SSSR count). The maximum Gasteiger partial charge on any atom is -0.0204 e. The average Bonchev–Trinajstić information content (AvgIpc) is 2.08. The summed E-state index contributed by atoms with van der Waals surface area (Å²) in [6, 6.07) is 0. The summed E-state index contributed by atoms with van der Waals surface area (Å²) in [5.74, 6) is 0.738. The van der Waals surface area contributed by atoms with Crippen molar-refractivity contribution >= 4 is 0 Å². The molecule has 0 aliphatic rings. The molecule has 0 heteroatoms. The Morgan fingerprint density at radius 3 is 2.14 bits per heavy atom. The minimum absolute atomic E-state index is 0.440. The highest BCUT2D eigenvalue weighted by Crippen LogP contribution is 2.31. The molecule has 1 atom stereocenters. The van der Waals surface area contributed by atoms with E-state index in [-0.39, 0.29) is 0 Å². The van der Waals surface area contributed by atoms with Gasteiger partial charge in [0.05, 0.1) is 0 Å². The lowest BCUT2D eigenvalue weighted by Crippen LogP contribution is -2.14. The Morgan fingerprint density at radius 2 is 1.79 bits per heavy atom. The first-order valence-electron chi connectivity index (χ1n) is 6.08. The van der Waals surface area contributed by atoms with Crippen LogP contribution in [0.4, 0.5) is 0 Å². The van der Waals surface area contributed by atoms with Crippen LogP contribution in [0.2, 0.25) is 0 Å². The fourth-order valence-corrected chi connectivity index (χ4v) is 1.92. The molecular weight excluding hydrogens is 168 g/mol. The van der Waals surface area contributed by atoms with Gasteiger partial charge in [0, 0.05) is 0 Å². The van der Waals surface area contributed by atoms with Gasteiger partial charge in [0.25, 0.3) is 0 Å². The van der Waals surface area contributed by atoms with Gasteiger partial charge < -0.3 is 0 Å². The molecule has 84 valence electrons. The largest absolute Gasteiger partial charge is 0.0996 e. The highest BCUT2D eigenvalue weighted by atomic mass is 14.2. The molecule has 0 radical (unpaired) electrons. The van der Waals surface area contributed by atoms with Crippen LogP contribution in [0.25, 0.3) is 0 Å². The van der Waals surface area contributed by atoms with Crippen molar-refractivity contribution in [2.75, 3.05) is 0 Å². The van der Waals surface area contributed by atoms with Crippen LogP contribution >= 0.6 is 0 Å². The second-order valence-corrected chi connectivity index (χ2v) is 5.63. The van der Waals surface area contributed by atoms with Gasteiger partial charge in [-0.2, -0.15) is 0 Å². The number of allylic oxidation sites excluding steroid dienone is 1. The van der Waals surface area contributed by atoms with Crippen molar-refractivity contribution in [1.29, 1.82) is 0 Å². The van der Waals surface area contributed by atoms with Crippen LogP contribution < -0.4 is 0 Å². The van der Waals surface area contributed by atoms with Crippen molar-refractivity contribution < 1.29 is 0 Å². The summed E-state index contributed by atoms with van der Waals surface area (Å²) >= 11 is 0. The second-order valence-electron chi connectivity index (χ2n) is 5.63. The molecule has 0 saturated heterocycles. The summed E-state index contributed by atoms with van der Waals surface area (Å²) in [6.45, 7) is 15.7. The first-order chi connectivity index (χ1) is 6.40. The van der Waals surface area contributed by atoms with Crippen LogP contribution in [0.5, 0.6) is 0 Å². The molecule has 0 amide bonds. The molecule has 1 unspecified atom stereocenters. The Hall–Kier alpha value is -0.260. The average molecular weight is 196 g/mol. The van der Waals surface area contributed by atoms with Gasteiger partial charge in [-0.25, -0.2) is 0 Å². The third-order valence-corrected chi connectivity index (χ3v) is 2.78. The monoisotopic (exact) mass is 196 g/mol. The van der Waals surface area contributed by atoms with Crippen molar-refractivity contribution in [3.05, 3.63) is 12.2 Å². The molecule has 0 aliphatic heterocycles. The molecule has 0 saturated carbocycles. The van der Waals surface area contributed by atoms with Crippen LogP contribution in [0.3, 0.4) is 0 Å². The summed E-state index contributed by atoms with van der Waals surface area (Å²) < 4.78 is 0. The van der Waals surface area contributed by atoms with E-state index in [1.807, 2.05) is 0 Å². The van der Waals surface area contributed by atoms with Gasteiger partial charge in [0.15, 0.2) is 0 Å². The zero-order valence-corrected chi connectivity index (χ0v) is 10.8. The van der Waals surface area contributed by atoms with E-state index in [1.165, 1.54) is 37.7 Å². The molecule has 0 N–H and O–H groups in total. The van der Waals surface area contributed by atoms with E-state index in [0.717, 1.165) is 5.92 Å². The first kappa shape index (κ1) is 13.7. The van der Waals surface area contributed by atoms with E-state index in [9.17, 15) is 0 Å². The van der Waals surface area contributed by atoms with Crippen LogP contribution in [0.15, 0.2) is 12.2 Å². The first-order valence-corrected chi connectivity index (χ1v) is 6.08. The van der Waals surface area contributed by atoms with E-state index in [4.69, 9.17) is 0 Å². The Bertz CT molecular complexity index is 159. The predicted molar refractivity (Wildman–Crippen MR) is 66.5 cm³/mol. The second kappa shape index (κ2) is 6.27. The van der Waals surface area contributed by atoms with Gasteiger partial charge in [0.2, 0.25) is 0 Å². The maximum absolute atomic E-state index is 4.25. The molecular formula is C14H28. The van der Waals surface area contributed by atoms with Crippen molar-refractivity contribution in [3.63, 3.8) is 0 Å². The van der Waals surface area contributed by atoms with Crippen LogP contribution in [-0.4, -0.2) is 0 Å². The minimum atomic E-state index is 0.440. The molecule has 0 aromatic rings. The third kappa shape index (κ3) is 6.23. The summed E-state index contributed by atoms with van der Waals surface area (Å²) in [7, 11) is 0. The molecule has 0 spiro atoms. The van der Waals surface area contributed by atoms with Crippen molar-refractivity contribution in [3.8, 4) is 0 Å². The Morgan fingerprint density at radius 1 is 1.21 bits per heavy atom. The van der Waals surface area contributed by atoms with Gasteiger partial charge in [-0.3, -0.25) is 0 Å². The zero-order chi connectivity index (χ0) is 11.2. The SMILES string of the molecule is C=C(CCCC)C(CC)CC(C)(C)C. The summed E-state index contributed by atoms with van der Waals surface area (Å²) in [5.41, 5.74) is 1.92. The quantitative estimate of drug-likeness (QED) is 0.512. The van der Waals surface area contributed by atoms with Gasteiger partial charge in [-0.15, -0.1) is 0 Å². The highest BCUT2D eigenvalue weighted by Gasteiger charge is 2.18. The molecule has 0 bridgehead atoms. The van der Waals surface area contributed by atoms with E-state index in [1.54, 1.807) is 0 Å². The van der Waals surface area contributed by atoms with E-state index in [0.29, 0.717) is 5.41 Å². The van der Waals surface area contributed by atoms with E-state index < -0.39 is 0 Å². The standard InChI is InChI=1S/C14H28/c1-7-9-10-12(3)13(8-2)11-14(4,5)6/h13H,3,7-11H2,1-2,4-6H3. The zero-order valence-electron chi connectivity index (χ0n) is 10.8. The minimum Gasteiger partial charge on any atom is -0.0996 e. The number of unbranched alkanes of at least 4 members (excludes halogenated alkanes) is 1. The van der Waals surface area contributed by atoms with E-state index in [2.05, 4.69) is 41.2 Å². The van der Waals surface area contributed by atoms with Crippen LogP contribution in [0.1, 0.15) is 66.7 Å². The Balaban J connectivity index is 4.06. The molecule has 0 nitrogen and oxygen atoms in total. The Kier molecular flexibility index (Phi) is 6.15. The topological polar surface area (TPSA) is 0 Å². The fourth-order valence-electron chi connectivity index (χ4n) is 1.92. The summed E-state index contributed by atoms with van der Waals surface area (Å²) in [6.07, 6.45) is 6.35. The van der Waals surface area contributed by atoms with Crippen LogP contribution in [0, 0.1) is 11.3 Å². The fraction of sp³-hybridized carbons (Fsp3) is 0.857. The normalized spacial score (nSPS) is 14.1. The smallest absolute Gasteiger partial charge is 0.0204 e.